The average Bonchev–Trinajstić information content (AvgIpc) is 2.85. The first-order chi connectivity index (χ1) is 9.10. The molecule has 2 N–H and O–H groups in total. The zero-order valence-corrected chi connectivity index (χ0v) is 12.3. The molecular formula is C10H10N4O2S3. The minimum Gasteiger partial charge on any atom is -0.398 e. The fraction of sp³-hybridized carbons (Fsp3) is 0.200. The van der Waals surface area contributed by atoms with Crippen LogP contribution in [0.25, 0.3) is 0 Å². The van der Waals surface area contributed by atoms with Crippen LogP contribution in [0, 0.1) is 10.1 Å². The molecule has 0 fully saturated rings. The zero-order valence-electron chi connectivity index (χ0n) is 9.90. The highest BCUT2D eigenvalue weighted by molar-refractivity contribution is 8.02. The Labute approximate surface area is 122 Å². The Kier molecular flexibility index (Phi) is 4.61. The molecule has 0 saturated carbocycles. The third kappa shape index (κ3) is 3.58. The van der Waals surface area contributed by atoms with Crippen LogP contribution in [0.5, 0.6) is 0 Å². The van der Waals surface area contributed by atoms with Gasteiger partial charge in [-0.1, -0.05) is 34.9 Å². The molecule has 100 valence electrons. The Hall–Kier alpha value is -1.32. The zero-order chi connectivity index (χ0) is 13.8. The monoisotopic (exact) mass is 314 g/mol. The molecule has 0 atom stereocenters. The molecule has 1 aromatic carbocycles. The SMILES string of the molecule is CSc1nnc(SCc2cc([N+](=O)[O-])ccc2N)s1. The lowest BCUT2D eigenvalue weighted by Gasteiger charge is -2.03. The van der Waals surface area contributed by atoms with E-state index in [1.807, 2.05) is 6.26 Å². The van der Waals surface area contributed by atoms with Gasteiger partial charge in [0, 0.05) is 23.6 Å². The van der Waals surface area contributed by atoms with E-state index < -0.39 is 4.92 Å². The molecule has 1 aromatic heterocycles. The Morgan fingerprint density at radius 3 is 2.79 bits per heavy atom. The molecule has 9 heteroatoms. The van der Waals surface area contributed by atoms with Crippen molar-refractivity contribution in [2.75, 3.05) is 12.0 Å². The summed E-state index contributed by atoms with van der Waals surface area (Å²) in [6, 6.07) is 4.46. The van der Waals surface area contributed by atoms with Crippen LogP contribution < -0.4 is 5.73 Å². The number of nitro groups is 1. The van der Waals surface area contributed by atoms with Crippen molar-refractivity contribution in [3.05, 3.63) is 33.9 Å². The van der Waals surface area contributed by atoms with Gasteiger partial charge in [-0.3, -0.25) is 10.1 Å². The predicted octanol–water partition coefficient (Wildman–Crippen LogP) is 3.04. The number of rotatable bonds is 5. The Bertz CT molecular complexity index is 602. The van der Waals surface area contributed by atoms with Crippen molar-refractivity contribution in [2.24, 2.45) is 0 Å². The van der Waals surface area contributed by atoms with Gasteiger partial charge in [-0.25, -0.2) is 0 Å². The van der Waals surface area contributed by atoms with Crippen LogP contribution in [-0.4, -0.2) is 21.4 Å². The molecule has 1 heterocycles. The molecule has 0 aliphatic rings. The quantitative estimate of drug-likeness (QED) is 0.392. The second-order valence-corrected chi connectivity index (χ2v) is 6.72. The summed E-state index contributed by atoms with van der Waals surface area (Å²) >= 11 is 4.51. The van der Waals surface area contributed by atoms with Crippen molar-refractivity contribution in [2.45, 2.75) is 14.4 Å². The molecule has 2 aromatic rings. The fourth-order valence-electron chi connectivity index (χ4n) is 1.31. The van der Waals surface area contributed by atoms with Crippen LogP contribution in [0.1, 0.15) is 5.56 Å². The minimum absolute atomic E-state index is 0.0480. The maximum absolute atomic E-state index is 10.7. The van der Waals surface area contributed by atoms with Crippen molar-refractivity contribution in [1.82, 2.24) is 10.2 Å². The normalized spacial score (nSPS) is 10.6. The van der Waals surface area contributed by atoms with Gasteiger partial charge < -0.3 is 5.73 Å². The number of thioether (sulfide) groups is 2. The van der Waals surface area contributed by atoms with E-state index in [2.05, 4.69) is 10.2 Å². The van der Waals surface area contributed by atoms with Gasteiger partial charge in [0.05, 0.1) is 4.92 Å². The Morgan fingerprint density at radius 1 is 1.42 bits per heavy atom. The van der Waals surface area contributed by atoms with Crippen molar-refractivity contribution in [3.8, 4) is 0 Å². The maximum Gasteiger partial charge on any atom is 0.269 e. The van der Waals surface area contributed by atoms with E-state index in [9.17, 15) is 10.1 Å². The lowest BCUT2D eigenvalue weighted by molar-refractivity contribution is -0.384. The summed E-state index contributed by atoms with van der Waals surface area (Å²) in [4.78, 5) is 10.3. The van der Waals surface area contributed by atoms with E-state index in [0.29, 0.717) is 11.4 Å². The van der Waals surface area contributed by atoms with Gasteiger partial charge in [0.1, 0.15) is 0 Å². The first-order valence-corrected chi connectivity index (χ1v) is 8.16. The topological polar surface area (TPSA) is 94.9 Å². The van der Waals surface area contributed by atoms with Gasteiger partial charge in [-0.15, -0.1) is 10.2 Å². The largest absolute Gasteiger partial charge is 0.398 e. The van der Waals surface area contributed by atoms with Crippen LogP contribution in [0.3, 0.4) is 0 Å². The van der Waals surface area contributed by atoms with Gasteiger partial charge in [0.25, 0.3) is 5.69 Å². The number of aromatic nitrogens is 2. The number of nitrogens with two attached hydrogens (primary N) is 1. The van der Waals surface area contributed by atoms with E-state index in [4.69, 9.17) is 5.73 Å². The second kappa shape index (κ2) is 6.22. The summed E-state index contributed by atoms with van der Waals surface area (Å²) in [6.45, 7) is 0. The number of nitro benzene ring substituents is 1. The van der Waals surface area contributed by atoms with E-state index in [1.165, 1.54) is 47.0 Å². The van der Waals surface area contributed by atoms with E-state index in [0.717, 1.165) is 14.2 Å². The van der Waals surface area contributed by atoms with Crippen LogP contribution in [0.15, 0.2) is 26.9 Å². The molecule has 0 radical (unpaired) electrons. The summed E-state index contributed by atoms with van der Waals surface area (Å²) < 4.78 is 1.73. The van der Waals surface area contributed by atoms with Gasteiger partial charge in [-0.2, -0.15) is 0 Å². The van der Waals surface area contributed by atoms with Crippen molar-refractivity contribution in [1.29, 1.82) is 0 Å². The highest BCUT2D eigenvalue weighted by Crippen LogP contribution is 2.31. The number of nitrogens with zero attached hydrogens (tertiary/aromatic N) is 3. The number of non-ortho nitro benzene ring substituents is 1. The lowest BCUT2D eigenvalue weighted by Crippen LogP contribution is -1.95. The molecule has 0 aliphatic carbocycles. The van der Waals surface area contributed by atoms with Gasteiger partial charge in [-0.05, 0) is 17.9 Å². The molecule has 19 heavy (non-hydrogen) atoms. The standard InChI is InChI=1S/C10H10N4O2S3/c1-17-9-12-13-10(19-9)18-5-6-4-7(14(15)16)2-3-8(6)11/h2-4H,5,11H2,1H3. The highest BCUT2D eigenvalue weighted by atomic mass is 32.2. The third-order valence-corrected chi connectivity index (χ3v) is 5.33. The third-order valence-electron chi connectivity index (χ3n) is 2.25. The average molecular weight is 314 g/mol. The van der Waals surface area contributed by atoms with Crippen LogP contribution in [0.2, 0.25) is 0 Å². The summed E-state index contributed by atoms with van der Waals surface area (Å²) in [5, 5.41) is 18.7. The van der Waals surface area contributed by atoms with Crippen LogP contribution in [0.4, 0.5) is 11.4 Å². The molecule has 0 saturated heterocycles. The molecule has 6 nitrogen and oxygen atoms in total. The number of nitrogen functional groups attached to an aromatic ring is 1. The van der Waals surface area contributed by atoms with Crippen molar-refractivity contribution >= 4 is 46.2 Å². The predicted molar refractivity (Wildman–Crippen MR) is 78.8 cm³/mol. The smallest absolute Gasteiger partial charge is 0.269 e. The minimum atomic E-state index is -0.426. The highest BCUT2D eigenvalue weighted by Gasteiger charge is 2.11. The number of anilines is 1. The van der Waals surface area contributed by atoms with E-state index in [-0.39, 0.29) is 5.69 Å². The number of hydrogen-bond donors (Lipinski definition) is 1. The van der Waals surface area contributed by atoms with Gasteiger partial charge >= 0.3 is 0 Å². The first kappa shape index (κ1) is 14.1. The molecule has 0 amide bonds. The van der Waals surface area contributed by atoms with Gasteiger partial charge in [0.15, 0.2) is 8.68 Å². The summed E-state index contributed by atoms with van der Waals surface area (Å²) in [6.07, 6.45) is 1.94. The summed E-state index contributed by atoms with van der Waals surface area (Å²) in [7, 11) is 0. The van der Waals surface area contributed by atoms with E-state index in [1.54, 1.807) is 6.07 Å². The molecular weight excluding hydrogens is 304 g/mol. The number of hydrogen-bond acceptors (Lipinski definition) is 8. The van der Waals surface area contributed by atoms with E-state index >= 15 is 0 Å². The van der Waals surface area contributed by atoms with Crippen molar-refractivity contribution < 1.29 is 4.92 Å². The first-order valence-electron chi connectivity index (χ1n) is 5.13. The second-order valence-electron chi connectivity index (χ2n) is 3.47. The summed E-state index contributed by atoms with van der Waals surface area (Å²) in [5.74, 6) is 0.538. The summed E-state index contributed by atoms with van der Waals surface area (Å²) in [5.41, 5.74) is 7.15. The Morgan fingerprint density at radius 2 is 2.16 bits per heavy atom. The molecule has 0 aliphatic heterocycles. The molecule has 0 bridgehead atoms. The number of benzene rings is 1. The maximum atomic E-state index is 10.7. The van der Waals surface area contributed by atoms with Crippen molar-refractivity contribution in [3.63, 3.8) is 0 Å². The Balaban J connectivity index is 2.10. The molecule has 0 spiro atoms. The van der Waals surface area contributed by atoms with Gasteiger partial charge in [0.2, 0.25) is 0 Å². The molecule has 0 unspecified atom stereocenters. The fourth-order valence-corrected chi connectivity index (χ4v) is 3.75. The van der Waals surface area contributed by atoms with Crippen LogP contribution >= 0.6 is 34.9 Å². The molecule has 2 rings (SSSR count). The van der Waals surface area contributed by atoms with Crippen LogP contribution in [-0.2, 0) is 5.75 Å². The lowest BCUT2D eigenvalue weighted by atomic mass is 10.2.